The first-order valence-corrected chi connectivity index (χ1v) is 10.6. The maximum absolute atomic E-state index is 6.18. The number of benzene rings is 2. The lowest BCUT2D eigenvalue weighted by molar-refractivity contribution is 0.322. The molecule has 0 atom stereocenters. The second kappa shape index (κ2) is 7.94. The van der Waals surface area contributed by atoms with Crippen molar-refractivity contribution in [2.45, 2.75) is 38.9 Å². The van der Waals surface area contributed by atoms with Crippen molar-refractivity contribution in [2.75, 3.05) is 0 Å². The van der Waals surface area contributed by atoms with Crippen molar-refractivity contribution in [2.24, 2.45) is 5.16 Å². The fraction of sp³-hybridized carbons (Fsp3) is 0.316. The average Bonchev–Trinajstić information content (AvgIpc) is 2.61. The standard InChI is InChI=1S/C19H25NOSi/c1-4-22(5-2,6-3)21-20-19(17-13-9-7-10-14-17)18-15-11-8-12-16-18/h7-16H,4-6H2,1-3H3. The second-order valence-corrected chi connectivity index (χ2v) is 10.2. The van der Waals surface area contributed by atoms with Gasteiger partial charge in [0.05, 0.1) is 0 Å². The van der Waals surface area contributed by atoms with Gasteiger partial charge in [0, 0.05) is 11.1 Å². The summed E-state index contributed by atoms with van der Waals surface area (Å²) in [6, 6.07) is 23.8. The van der Waals surface area contributed by atoms with Crippen LogP contribution in [0, 0.1) is 0 Å². The molecule has 0 heterocycles. The molecule has 0 fully saturated rings. The molecular weight excluding hydrogens is 286 g/mol. The number of hydrogen-bond donors (Lipinski definition) is 0. The van der Waals surface area contributed by atoms with Crippen LogP contribution in [0.1, 0.15) is 31.9 Å². The van der Waals surface area contributed by atoms with Gasteiger partial charge in [0.1, 0.15) is 5.71 Å². The first-order chi connectivity index (χ1) is 10.7. The Bertz CT molecular complexity index is 542. The van der Waals surface area contributed by atoms with Crippen LogP contribution in [0.3, 0.4) is 0 Å². The summed E-state index contributed by atoms with van der Waals surface area (Å²) >= 11 is 0. The van der Waals surface area contributed by atoms with E-state index in [1.807, 2.05) is 36.4 Å². The molecule has 0 bridgehead atoms. The van der Waals surface area contributed by atoms with Crippen LogP contribution in [0.5, 0.6) is 0 Å². The van der Waals surface area contributed by atoms with Crippen LogP contribution in [0.15, 0.2) is 65.8 Å². The molecule has 0 saturated heterocycles. The first kappa shape index (κ1) is 16.5. The molecule has 0 aliphatic carbocycles. The minimum Gasteiger partial charge on any atom is -0.454 e. The van der Waals surface area contributed by atoms with E-state index in [0.717, 1.165) is 35.0 Å². The predicted molar refractivity (Wildman–Crippen MR) is 96.8 cm³/mol. The summed E-state index contributed by atoms with van der Waals surface area (Å²) in [6.45, 7) is 6.67. The van der Waals surface area contributed by atoms with Gasteiger partial charge < -0.3 is 4.53 Å². The lowest BCUT2D eigenvalue weighted by atomic mass is 10.0. The number of hydrogen-bond acceptors (Lipinski definition) is 2. The predicted octanol–water partition coefficient (Wildman–Crippen LogP) is 5.46. The molecule has 0 aliphatic rings. The third-order valence-electron chi connectivity index (χ3n) is 4.36. The maximum Gasteiger partial charge on any atom is 0.286 e. The van der Waals surface area contributed by atoms with Gasteiger partial charge in [-0.05, 0) is 18.1 Å². The zero-order valence-electron chi connectivity index (χ0n) is 13.8. The molecular formula is C19H25NOSi. The van der Waals surface area contributed by atoms with Gasteiger partial charge in [0.15, 0.2) is 0 Å². The summed E-state index contributed by atoms with van der Waals surface area (Å²) in [7, 11) is -1.73. The normalized spacial score (nSPS) is 11.0. The summed E-state index contributed by atoms with van der Waals surface area (Å²) in [5, 5.41) is 4.63. The van der Waals surface area contributed by atoms with E-state index in [0.29, 0.717) is 0 Å². The summed E-state index contributed by atoms with van der Waals surface area (Å²) in [4.78, 5) is 0. The van der Waals surface area contributed by atoms with Crippen molar-refractivity contribution in [3.05, 3.63) is 71.8 Å². The van der Waals surface area contributed by atoms with E-state index in [1.54, 1.807) is 0 Å². The van der Waals surface area contributed by atoms with E-state index >= 15 is 0 Å². The van der Waals surface area contributed by atoms with E-state index in [1.165, 1.54) is 0 Å². The fourth-order valence-corrected chi connectivity index (χ4v) is 4.72. The zero-order chi connectivity index (χ0) is 15.8. The van der Waals surface area contributed by atoms with Gasteiger partial charge in [-0.2, -0.15) is 0 Å². The lowest BCUT2D eigenvalue weighted by Gasteiger charge is -2.25. The van der Waals surface area contributed by atoms with Crippen molar-refractivity contribution in [3.8, 4) is 0 Å². The van der Waals surface area contributed by atoms with Crippen molar-refractivity contribution in [1.29, 1.82) is 0 Å². The van der Waals surface area contributed by atoms with E-state index in [4.69, 9.17) is 4.53 Å². The molecule has 0 saturated carbocycles. The van der Waals surface area contributed by atoms with E-state index < -0.39 is 8.32 Å². The van der Waals surface area contributed by atoms with Crippen LogP contribution in [0.2, 0.25) is 18.1 Å². The Morgan fingerprint density at radius 3 is 1.55 bits per heavy atom. The molecule has 116 valence electrons. The molecule has 0 radical (unpaired) electrons. The molecule has 0 N–H and O–H groups in total. The van der Waals surface area contributed by atoms with Gasteiger partial charge in [-0.15, -0.1) is 5.16 Å². The summed E-state index contributed by atoms with van der Waals surface area (Å²) in [5.74, 6) is 0. The Morgan fingerprint density at radius 2 is 1.18 bits per heavy atom. The van der Waals surface area contributed by atoms with Gasteiger partial charge in [-0.1, -0.05) is 81.4 Å². The topological polar surface area (TPSA) is 21.6 Å². The molecule has 2 rings (SSSR count). The molecule has 0 aliphatic heterocycles. The number of nitrogens with zero attached hydrogens (tertiary/aromatic N) is 1. The molecule has 0 unspecified atom stereocenters. The summed E-state index contributed by atoms with van der Waals surface area (Å²) in [5.41, 5.74) is 3.12. The lowest BCUT2D eigenvalue weighted by Crippen LogP contribution is -2.34. The number of rotatable bonds is 7. The minimum atomic E-state index is -1.73. The SMILES string of the molecule is CC[Si](CC)(CC)ON=C(c1ccccc1)c1ccccc1. The van der Waals surface area contributed by atoms with Crippen molar-refractivity contribution >= 4 is 14.0 Å². The van der Waals surface area contributed by atoms with E-state index in [9.17, 15) is 0 Å². The van der Waals surface area contributed by atoms with E-state index in [-0.39, 0.29) is 0 Å². The maximum atomic E-state index is 6.18. The zero-order valence-corrected chi connectivity index (χ0v) is 14.8. The summed E-state index contributed by atoms with van der Waals surface area (Å²) < 4.78 is 6.18. The summed E-state index contributed by atoms with van der Waals surface area (Å²) in [6.07, 6.45) is 0. The van der Waals surface area contributed by atoms with Crippen LogP contribution in [0.4, 0.5) is 0 Å². The molecule has 22 heavy (non-hydrogen) atoms. The highest BCUT2D eigenvalue weighted by molar-refractivity contribution is 6.73. The molecule has 0 spiro atoms. The highest BCUT2D eigenvalue weighted by Gasteiger charge is 2.31. The van der Waals surface area contributed by atoms with Crippen LogP contribution in [-0.2, 0) is 4.53 Å². The van der Waals surface area contributed by atoms with Gasteiger partial charge in [0.2, 0.25) is 0 Å². The number of oxime groups is 1. The monoisotopic (exact) mass is 311 g/mol. The van der Waals surface area contributed by atoms with Crippen molar-refractivity contribution in [3.63, 3.8) is 0 Å². The highest BCUT2D eigenvalue weighted by atomic mass is 28.4. The van der Waals surface area contributed by atoms with Crippen molar-refractivity contribution < 1.29 is 4.53 Å². The van der Waals surface area contributed by atoms with Crippen LogP contribution in [-0.4, -0.2) is 14.0 Å². The largest absolute Gasteiger partial charge is 0.454 e. The third-order valence-corrected chi connectivity index (χ3v) is 8.70. The molecule has 3 heteroatoms. The van der Waals surface area contributed by atoms with Gasteiger partial charge in [0.25, 0.3) is 8.32 Å². The highest BCUT2D eigenvalue weighted by Crippen LogP contribution is 2.23. The van der Waals surface area contributed by atoms with Gasteiger partial charge in [-0.3, -0.25) is 0 Å². The first-order valence-electron chi connectivity index (χ1n) is 8.11. The van der Waals surface area contributed by atoms with Crippen LogP contribution >= 0.6 is 0 Å². The Kier molecular flexibility index (Phi) is 5.96. The minimum absolute atomic E-state index is 0.924. The Hall–Kier alpha value is -1.87. The second-order valence-electron chi connectivity index (χ2n) is 5.51. The van der Waals surface area contributed by atoms with E-state index in [2.05, 4.69) is 50.2 Å². The molecule has 2 aromatic carbocycles. The Morgan fingerprint density at radius 1 is 0.773 bits per heavy atom. The van der Waals surface area contributed by atoms with Crippen LogP contribution in [0.25, 0.3) is 0 Å². The van der Waals surface area contributed by atoms with Gasteiger partial charge >= 0.3 is 0 Å². The fourth-order valence-electron chi connectivity index (χ4n) is 2.55. The quantitative estimate of drug-likeness (QED) is 0.378. The smallest absolute Gasteiger partial charge is 0.286 e. The molecule has 0 amide bonds. The average molecular weight is 312 g/mol. The molecule has 2 aromatic rings. The van der Waals surface area contributed by atoms with Crippen LogP contribution < -0.4 is 0 Å². The Labute approximate surface area is 135 Å². The molecule has 0 aromatic heterocycles. The Balaban J connectivity index is 2.39. The van der Waals surface area contributed by atoms with Gasteiger partial charge in [-0.25, -0.2) is 0 Å². The van der Waals surface area contributed by atoms with Crippen molar-refractivity contribution in [1.82, 2.24) is 0 Å². The molecule has 2 nitrogen and oxygen atoms in total. The third kappa shape index (κ3) is 3.86.